The monoisotopic (exact) mass is 418 g/mol. The summed E-state index contributed by atoms with van der Waals surface area (Å²) in [5.41, 5.74) is 5.07. The maximum Gasteiger partial charge on any atom is 0.140 e. The van der Waals surface area contributed by atoms with Crippen LogP contribution >= 0.6 is 15.9 Å². The zero-order valence-electron chi connectivity index (χ0n) is 15.5. The molecule has 1 unspecified atom stereocenters. The van der Waals surface area contributed by atoms with E-state index in [4.69, 9.17) is 9.26 Å². The van der Waals surface area contributed by atoms with Gasteiger partial charge in [0.2, 0.25) is 0 Å². The predicted octanol–water partition coefficient (Wildman–Crippen LogP) is 4.81. The molecule has 2 aromatic rings. The van der Waals surface area contributed by atoms with Gasteiger partial charge in [0.15, 0.2) is 0 Å². The van der Waals surface area contributed by atoms with Gasteiger partial charge in [-0.25, -0.2) is 0 Å². The van der Waals surface area contributed by atoms with Gasteiger partial charge in [-0.1, -0.05) is 33.2 Å². The van der Waals surface area contributed by atoms with Crippen LogP contribution in [0, 0.1) is 6.92 Å². The molecule has 0 bridgehead atoms. The second-order valence-electron chi connectivity index (χ2n) is 7.64. The summed E-state index contributed by atoms with van der Waals surface area (Å²) in [7, 11) is 0. The summed E-state index contributed by atoms with van der Waals surface area (Å²) in [4.78, 5) is 2.47. The average molecular weight is 419 g/mol. The Morgan fingerprint density at radius 2 is 2.08 bits per heavy atom. The van der Waals surface area contributed by atoms with Crippen molar-refractivity contribution >= 4 is 15.9 Å². The largest absolute Gasteiger partial charge is 0.377 e. The number of halogens is 1. The van der Waals surface area contributed by atoms with Crippen molar-refractivity contribution in [2.45, 2.75) is 64.6 Å². The third-order valence-corrected chi connectivity index (χ3v) is 6.23. The van der Waals surface area contributed by atoms with Gasteiger partial charge < -0.3 is 9.26 Å². The van der Waals surface area contributed by atoms with Crippen molar-refractivity contribution in [3.63, 3.8) is 0 Å². The molecule has 0 N–H and O–H groups in total. The van der Waals surface area contributed by atoms with Crippen molar-refractivity contribution in [3.05, 3.63) is 50.8 Å². The van der Waals surface area contributed by atoms with Crippen molar-refractivity contribution in [1.29, 1.82) is 0 Å². The lowest BCUT2D eigenvalue weighted by Gasteiger charge is -2.25. The van der Waals surface area contributed by atoms with Gasteiger partial charge in [-0.15, -0.1) is 0 Å². The molecule has 1 atom stereocenters. The molecule has 1 aromatic heterocycles. The van der Waals surface area contributed by atoms with Crippen LogP contribution in [-0.2, 0) is 30.7 Å². The van der Waals surface area contributed by atoms with Gasteiger partial charge >= 0.3 is 0 Å². The van der Waals surface area contributed by atoms with E-state index in [2.05, 4.69) is 51.1 Å². The first kappa shape index (κ1) is 18.2. The molecule has 2 heterocycles. The fourth-order valence-electron chi connectivity index (χ4n) is 4.07. The number of benzene rings is 1. The molecule has 0 radical (unpaired) electrons. The minimum atomic E-state index is 0.335. The molecule has 4 rings (SSSR count). The van der Waals surface area contributed by atoms with Crippen LogP contribution in [0.5, 0.6) is 0 Å². The lowest BCUT2D eigenvalue weighted by molar-refractivity contribution is 0.0669. The predicted molar refractivity (Wildman–Crippen MR) is 105 cm³/mol. The van der Waals surface area contributed by atoms with Gasteiger partial charge in [-0.05, 0) is 56.2 Å². The van der Waals surface area contributed by atoms with Crippen LogP contribution in [0.1, 0.15) is 53.8 Å². The van der Waals surface area contributed by atoms with Crippen molar-refractivity contribution in [3.8, 4) is 0 Å². The second kappa shape index (κ2) is 8.24. The van der Waals surface area contributed by atoms with Gasteiger partial charge in [0.05, 0.1) is 6.10 Å². The van der Waals surface area contributed by atoms with E-state index in [-0.39, 0.29) is 0 Å². The second-order valence-corrected chi connectivity index (χ2v) is 8.49. The Balaban J connectivity index is 1.53. The quantitative estimate of drug-likeness (QED) is 0.674. The highest BCUT2D eigenvalue weighted by Crippen LogP contribution is 2.27. The molecule has 4 nitrogen and oxygen atoms in total. The fraction of sp³-hybridized carbons (Fsp3) is 0.571. The first-order valence-corrected chi connectivity index (χ1v) is 10.5. The van der Waals surface area contributed by atoms with Gasteiger partial charge in [0.25, 0.3) is 0 Å². The number of aryl methyl sites for hydroxylation is 2. The Bertz CT molecular complexity index is 752. The Morgan fingerprint density at radius 1 is 1.19 bits per heavy atom. The summed E-state index contributed by atoms with van der Waals surface area (Å²) in [6.07, 6.45) is 7.28. The topological polar surface area (TPSA) is 38.5 Å². The Morgan fingerprint density at radius 3 is 2.88 bits per heavy atom. The van der Waals surface area contributed by atoms with E-state index in [0.717, 1.165) is 57.0 Å². The highest BCUT2D eigenvalue weighted by atomic mass is 79.9. The van der Waals surface area contributed by atoms with E-state index < -0.39 is 0 Å². The molecule has 26 heavy (non-hydrogen) atoms. The van der Waals surface area contributed by atoms with E-state index in [1.807, 2.05) is 0 Å². The molecule has 2 aliphatic rings. The maximum absolute atomic E-state index is 5.91. The first-order chi connectivity index (χ1) is 12.7. The summed E-state index contributed by atoms with van der Waals surface area (Å²) < 4.78 is 12.7. The van der Waals surface area contributed by atoms with E-state index >= 15 is 0 Å². The number of rotatable bonds is 6. The van der Waals surface area contributed by atoms with E-state index in [0.29, 0.717) is 6.10 Å². The zero-order chi connectivity index (χ0) is 17.9. The average Bonchev–Trinajstić information content (AvgIpc) is 3.28. The van der Waals surface area contributed by atoms with Crippen LogP contribution in [0.25, 0.3) is 0 Å². The molecular formula is C21H27BrN2O2. The Labute approximate surface area is 164 Å². The Kier molecular flexibility index (Phi) is 5.77. The molecule has 1 aromatic carbocycles. The molecule has 0 saturated carbocycles. The fourth-order valence-corrected chi connectivity index (χ4v) is 4.69. The molecule has 5 heteroatoms. The first-order valence-electron chi connectivity index (χ1n) is 9.74. The van der Waals surface area contributed by atoms with Gasteiger partial charge in [0, 0.05) is 42.7 Å². The van der Waals surface area contributed by atoms with Crippen molar-refractivity contribution < 1.29 is 9.26 Å². The van der Waals surface area contributed by atoms with Gasteiger partial charge in [0.1, 0.15) is 11.5 Å². The van der Waals surface area contributed by atoms with Crippen LogP contribution in [-0.4, -0.2) is 29.3 Å². The molecular weight excluding hydrogens is 392 g/mol. The van der Waals surface area contributed by atoms with E-state index in [1.54, 1.807) is 0 Å². The molecule has 0 spiro atoms. The summed E-state index contributed by atoms with van der Waals surface area (Å²) in [6.45, 7) is 5.69. The molecule has 1 saturated heterocycles. The lowest BCUT2D eigenvalue weighted by atomic mass is 9.96. The Hall–Kier alpha value is -1.17. The van der Waals surface area contributed by atoms with Gasteiger partial charge in [-0.2, -0.15) is 0 Å². The van der Waals surface area contributed by atoms with Crippen LogP contribution in [0.15, 0.2) is 27.2 Å². The van der Waals surface area contributed by atoms with Crippen molar-refractivity contribution in [2.75, 3.05) is 13.2 Å². The molecule has 140 valence electrons. The number of fused-ring (bicyclic) bond motifs is 1. The van der Waals surface area contributed by atoms with E-state index in [9.17, 15) is 0 Å². The van der Waals surface area contributed by atoms with Crippen molar-refractivity contribution in [2.24, 2.45) is 0 Å². The number of ether oxygens (including phenoxy) is 1. The maximum atomic E-state index is 5.91. The lowest BCUT2D eigenvalue weighted by Crippen LogP contribution is -2.32. The third kappa shape index (κ3) is 4.21. The van der Waals surface area contributed by atoms with Crippen LogP contribution in [0.2, 0.25) is 0 Å². The summed E-state index contributed by atoms with van der Waals surface area (Å²) in [5.74, 6) is 1.11. The number of hydrogen-bond acceptors (Lipinski definition) is 4. The van der Waals surface area contributed by atoms with Gasteiger partial charge in [-0.3, -0.25) is 4.90 Å². The van der Waals surface area contributed by atoms with Crippen LogP contribution in [0.3, 0.4) is 0 Å². The molecule has 1 fully saturated rings. The number of hydrogen-bond donors (Lipinski definition) is 0. The zero-order valence-corrected chi connectivity index (χ0v) is 17.1. The third-order valence-electron chi connectivity index (χ3n) is 5.49. The highest BCUT2D eigenvalue weighted by Gasteiger charge is 2.24. The van der Waals surface area contributed by atoms with Crippen LogP contribution in [0.4, 0.5) is 0 Å². The number of aromatic nitrogens is 1. The number of nitrogens with zero attached hydrogens (tertiary/aromatic N) is 2. The normalized spacial score (nSPS) is 19.9. The minimum absolute atomic E-state index is 0.335. The van der Waals surface area contributed by atoms with Crippen molar-refractivity contribution in [1.82, 2.24) is 10.1 Å². The molecule has 1 aliphatic heterocycles. The summed E-state index contributed by atoms with van der Waals surface area (Å²) >= 11 is 3.73. The summed E-state index contributed by atoms with van der Waals surface area (Å²) in [6, 6.07) is 6.60. The standard InChI is InChI=1S/C21H27BrN2O2/c1-15-8-9-16(19(22)11-15)12-24(13-17-5-4-10-25-17)14-20-18-6-2-3-7-21(18)26-23-20/h8-9,11,17H,2-7,10,12-14H2,1H3. The van der Waals surface area contributed by atoms with Crippen LogP contribution < -0.4 is 0 Å². The van der Waals surface area contributed by atoms with E-state index in [1.165, 1.54) is 40.4 Å². The minimum Gasteiger partial charge on any atom is -0.377 e. The highest BCUT2D eigenvalue weighted by molar-refractivity contribution is 9.10. The SMILES string of the molecule is Cc1ccc(CN(Cc2noc3c2CCCC3)CC2CCCO2)c(Br)c1. The molecule has 0 amide bonds. The summed E-state index contributed by atoms with van der Waals surface area (Å²) in [5, 5.41) is 4.42. The molecule has 1 aliphatic carbocycles. The smallest absolute Gasteiger partial charge is 0.140 e.